The first-order chi connectivity index (χ1) is 9.40. The first-order valence-electron chi connectivity index (χ1n) is 6.25. The molecule has 0 radical (unpaired) electrons. The molecule has 0 bridgehead atoms. The molecule has 0 fully saturated rings. The van der Waals surface area contributed by atoms with Gasteiger partial charge in [0.25, 0.3) is 0 Å². The van der Waals surface area contributed by atoms with E-state index in [0.717, 1.165) is 27.5 Å². The summed E-state index contributed by atoms with van der Waals surface area (Å²) in [5, 5.41) is 5.78. The SMILES string of the molecule is COc1cccc2c3ccccc3c3ccoc3c12. The number of methoxy groups -OCH3 is 1. The first kappa shape index (κ1) is 10.4. The Labute approximate surface area is 110 Å². The van der Waals surface area contributed by atoms with Crippen LogP contribution < -0.4 is 4.74 Å². The molecule has 0 spiro atoms. The van der Waals surface area contributed by atoms with Gasteiger partial charge in [0.15, 0.2) is 0 Å². The van der Waals surface area contributed by atoms with Crippen molar-refractivity contribution in [2.75, 3.05) is 7.11 Å². The molecule has 0 N–H and O–H groups in total. The third kappa shape index (κ3) is 1.31. The number of ether oxygens (including phenoxy) is 1. The van der Waals surface area contributed by atoms with Crippen LogP contribution in [0.4, 0.5) is 0 Å². The monoisotopic (exact) mass is 248 g/mol. The van der Waals surface area contributed by atoms with Crippen LogP contribution in [0.15, 0.2) is 59.2 Å². The lowest BCUT2D eigenvalue weighted by atomic mass is 9.98. The summed E-state index contributed by atoms with van der Waals surface area (Å²) in [6.07, 6.45) is 1.74. The van der Waals surface area contributed by atoms with E-state index in [1.165, 1.54) is 10.8 Å². The average Bonchev–Trinajstić information content (AvgIpc) is 2.96. The number of hydrogen-bond acceptors (Lipinski definition) is 2. The van der Waals surface area contributed by atoms with E-state index in [1.54, 1.807) is 13.4 Å². The van der Waals surface area contributed by atoms with Crippen LogP contribution in [0, 0.1) is 0 Å². The molecule has 0 saturated carbocycles. The normalized spacial score (nSPS) is 11.4. The number of furan rings is 1. The van der Waals surface area contributed by atoms with Crippen molar-refractivity contribution in [2.24, 2.45) is 0 Å². The molecule has 92 valence electrons. The molecule has 1 aromatic heterocycles. The lowest BCUT2D eigenvalue weighted by Gasteiger charge is -2.09. The summed E-state index contributed by atoms with van der Waals surface area (Å²) >= 11 is 0. The van der Waals surface area contributed by atoms with Gasteiger partial charge in [-0.1, -0.05) is 36.4 Å². The van der Waals surface area contributed by atoms with Gasteiger partial charge >= 0.3 is 0 Å². The van der Waals surface area contributed by atoms with Crippen LogP contribution in [-0.2, 0) is 0 Å². The van der Waals surface area contributed by atoms with Crippen LogP contribution in [0.2, 0.25) is 0 Å². The maximum absolute atomic E-state index is 5.70. The fraction of sp³-hybridized carbons (Fsp3) is 0.0588. The van der Waals surface area contributed by atoms with Gasteiger partial charge in [-0.05, 0) is 28.3 Å². The molecule has 0 amide bonds. The molecule has 19 heavy (non-hydrogen) atoms. The van der Waals surface area contributed by atoms with Gasteiger partial charge in [-0.15, -0.1) is 0 Å². The highest BCUT2D eigenvalue weighted by Gasteiger charge is 2.13. The van der Waals surface area contributed by atoms with Crippen molar-refractivity contribution < 1.29 is 9.15 Å². The Morgan fingerprint density at radius 3 is 2.32 bits per heavy atom. The van der Waals surface area contributed by atoms with Crippen LogP contribution in [0.25, 0.3) is 32.5 Å². The van der Waals surface area contributed by atoms with Crippen molar-refractivity contribution in [3.63, 3.8) is 0 Å². The van der Waals surface area contributed by atoms with Crippen molar-refractivity contribution in [1.82, 2.24) is 0 Å². The third-order valence-corrected chi connectivity index (χ3v) is 3.65. The van der Waals surface area contributed by atoms with E-state index < -0.39 is 0 Å². The number of benzene rings is 3. The minimum Gasteiger partial charge on any atom is -0.496 e. The molecule has 0 atom stereocenters. The smallest absolute Gasteiger partial charge is 0.146 e. The number of fused-ring (bicyclic) bond motifs is 6. The molecule has 1 heterocycles. The molecule has 0 aliphatic rings. The Morgan fingerprint density at radius 1 is 0.789 bits per heavy atom. The molecular formula is C17H12O2. The lowest BCUT2D eigenvalue weighted by molar-refractivity contribution is 0.419. The molecular weight excluding hydrogens is 236 g/mol. The molecule has 2 heteroatoms. The van der Waals surface area contributed by atoms with Gasteiger partial charge in [0.2, 0.25) is 0 Å². The van der Waals surface area contributed by atoms with Gasteiger partial charge in [-0.25, -0.2) is 0 Å². The highest BCUT2D eigenvalue weighted by atomic mass is 16.5. The van der Waals surface area contributed by atoms with E-state index >= 15 is 0 Å². The number of rotatable bonds is 1. The quantitative estimate of drug-likeness (QED) is 0.454. The van der Waals surface area contributed by atoms with Crippen LogP contribution in [0.3, 0.4) is 0 Å². The standard InChI is InChI=1S/C17H12O2/c1-18-15-8-4-7-13-11-5-2-3-6-12(11)14-9-10-19-17(14)16(13)15/h2-10H,1H3. The van der Waals surface area contributed by atoms with Crippen LogP contribution in [0.1, 0.15) is 0 Å². The van der Waals surface area contributed by atoms with Crippen molar-refractivity contribution in [3.05, 3.63) is 54.8 Å². The minimum atomic E-state index is 0.850. The Balaban J connectivity index is 2.42. The summed E-state index contributed by atoms with van der Waals surface area (Å²) in [5.74, 6) is 0.850. The average molecular weight is 248 g/mol. The predicted molar refractivity (Wildman–Crippen MR) is 77.8 cm³/mol. The second kappa shape index (κ2) is 3.75. The molecule has 2 nitrogen and oxygen atoms in total. The fourth-order valence-corrected chi connectivity index (χ4v) is 2.83. The maximum atomic E-state index is 5.70. The van der Waals surface area contributed by atoms with Gasteiger partial charge in [-0.3, -0.25) is 0 Å². The van der Waals surface area contributed by atoms with Crippen molar-refractivity contribution in [2.45, 2.75) is 0 Å². The molecule has 0 unspecified atom stereocenters. The summed E-state index contributed by atoms with van der Waals surface area (Å²) in [4.78, 5) is 0. The molecule has 0 aliphatic carbocycles. The zero-order valence-corrected chi connectivity index (χ0v) is 10.5. The zero-order valence-electron chi connectivity index (χ0n) is 10.5. The van der Waals surface area contributed by atoms with Crippen molar-refractivity contribution in [1.29, 1.82) is 0 Å². The lowest BCUT2D eigenvalue weighted by Crippen LogP contribution is -1.86. The third-order valence-electron chi connectivity index (χ3n) is 3.65. The molecule has 3 aromatic carbocycles. The maximum Gasteiger partial charge on any atom is 0.146 e. The van der Waals surface area contributed by atoms with Gasteiger partial charge < -0.3 is 9.15 Å². The van der Waals surface area contributed by atoms with Crippen molar-refractivity contribution in [3.8, 4) is 5.75 Å². The van der Waals surface area contributed by atoms with E-state index in [2.05, 4.69) is 30.3 Å². The Morgan fingerprint density at radius 2 is 1.53 bits per heavy atom. The topological polar surface area (TPSA) is 22.4 Å². The predicted octanol–water partition coefficient (Wildman–Crippen LogP) is 4.75. The second-order valence-corrected chi connectivity index (χ2v) is 4.59. The summed E-state index contributed by atoms with van der Waals surface area (Å²) in [6.45, 7) is 0. The van der Waals surface area contributed by atoms with Gasteiger partial charge in [-0.2, -0.15) is 0 Å². The highest BCUT2D eigenvalue weighted by molar-refractivity contribution is 6.25. The zero-order chi connectivity index (χ0) is 12.8. The van der Waals surface area contributed by atoms with Crippen LogP contribution in [-0.4, -0.2) is 7.11 Å². The summed E-state index contributed by atoms with van der Waals surface area (Å²) in [5.41, 5.74) is 0.895. The van der Waals surface area contributed by atoms with Gasteiger partial charge in [0, 0.05) is 5.39 Å². The van der Waals surface area contributed by atoms with E-state index in [9.17, 15) is 0 Å². The minimum absolute atomic E-state index is 0.850. The van der Waals surface area contributed by atoms with Crippen molar-refractivity contribution >= 4 is 32.5 Å². The first-order valence-corrected chi connectivity index (χ1v) is 6.25. The van der Waals surface area contributed by atoms with E-state index in [0.29, 0.717) is 0 Å². The highest BCUT2D eigenvalue weighted by Crippen LogP contribution is 2.39. The molecule has 4 rings (SSSR count). The van der Waals surface area contributed by atoms with E-state index in [1.807, 2.05) is 18.2 Å². The second-order valence-electron chi connectivity index (χ2n) is 4.59. The van der Waals surface area contributed by atoms with Gasteiger partial charge in [0.1, 0.15) is 11.3 Å². The molecule has 0 aliphatic heterocycles. The van der Waals surface area contributed by atoms with Crippen LogP contribution in [0.5, 0.6) is 5.75 Å². The van der Waals surface area contributed by atoms with Gasteiger partial charge in [0.05, 0.1) is 18.8 Å². The van der Waals surface area contributed by atoms with Crippen LogP contribution >= 0.6 is 0 Å². The van der Waals surface area contributed by atoms with E-state index in [4.69, 9.17) is 9.15 Å². The van der Waals surface area contributed by atoms with E-state index in [-0.39, 0.29) is 0 Å². The molecule has 4 aromatic rings. The summed E-state index contributed by atoms with van der Waals surface area (Å²) < 4.78 is 11.2. The summed E-state index contributed by atoms with van der Waals surface area (Å²) in [6, 6.07) is 16.5. The summed E-state index contributed by atoms with van der Waals surface area (Å²) in [7, 11) is 1.69. The number of hydrogen-bond donors (Lipinski definition) is 0. The Kier molecular flexibility index (Phi) is 2.06. The largest absolute Gasteiger partial charge is 0.496 e. The Bertz CT molecular complexity index is 903. The fourth-order valence-electron chi connectivity index (χ4n) is 2.83. The Hall–Kier alpha value is -2.48. The molecule has 0 saturated heterocycles.